The highest BCUT2D eigenvalue weighted by Crippen LogP contribution is 2.24. The van der Waals surface area contributed by atoms with Crippen molar-refractivity contribution in [3.63, 3.8) is 0 Å². The number of carbonyl (C=O) groups is 1. The van der Waals surface area contributed by atoms with Crippen LogP contribution < -0.4 is 5.32 Å². The van der Waals surface area contributed by atoms with E-state index < -0.39 is 0 Å². The third kappa shape index (κ3) is 3.05. The van der Waals surface area contributed by atoms with Crippen molar-refractivity contribution in [2.45, 2.75) is 33.1 Å². The molecule has 2 heterocycles. The van der Waals surface area contributed by atoms with E-state index in [1.807, 2.05) is 31.2 Å². The van der Waals surface area contributed by atoms with Gasteiger partial charge in [0.1, 0.15) is 18.3 Å². The molecule has 0 radical (unpaired) electrons. The van der Waals surface area contributed by atoms with Crippen molar-refractivity contribution in [1.29, 1.82) is 0 Å². The molecule has 0 aliphatic carbocycles. The molecular weight excluding hydrogens is 304 g/mol. The third-order valence-corrected chi connectivity index (χ3v) is 3.84. The fraction of sp³-hybridized carbons (Fsp3) is 0.294. The van der Waals surface area contributed by atoms with Crippen molar-refractivity contribution < 1.29 is 4.79 Å². The van der Waals surface area contributed by atoms with E-state index in [0.717, 1.165) is 5.69 Å². The molecule has 0 aliphatic heterocycles. The minimum absolute atomic E-state index is 0.0533. The predicted molar refractivity (Wildman–Crippen MR) is 91.3 cm³/mol. The van der Waals surface area contributed by atoms with Crippen LogP contribution in [0.5, 0.6) is 0 Å². The van der Waals surface area contributed by atoms with E-state index in [-0.39, 0.29) is 11.3 Å². The number of amides is 1. The number of aromatic amines is 1. The first-order valence-corrected chi connectivity index (χ1v) is 7.68. The van der Waals surface area contributed by atoms with Crippen molar-refractivity contribution in [2.75, 3.05) is 5.32 Å². The number of hydrogen-bond donors (Lipinski definition) is 2. The van der Waals surface area contributed by atoms with Crippen LogP contribution in [-0.2, 0) is 5.41 Å². The molecule has 0 unspecified atom stereocenters. The molecular formula is C17H20N6O. The van der Waals surface area contributed by atoms with Gasteiger partial charge in [0.05, 0.1) is 5.69 Å². The number of nitrogens with one attached hydrogen (secondary N) is 2. The summed E-state index contributed by atoms with van der Waals surface area (Å²) in [4.78, 5) is 12.6. The summed E-state index contributed by atoms with van der Waals surface area (Å²) in [5, 5.41) is 17.5. The van der Waals surface area contributed by atoms with Crippen LogP contribution in [0.4, 0.5) is 5.69 Å². The first kappa shape index (κ1) is 15.9. The van der Waals surface area contributed by atoms with Gasteiger partial charge in [0, 0.05) is 5.56 Å². The molecule has 3 aromatic rings. The van der Waals surface area contributed by atoms with Crippen LogP contribution in [0.2, 0.25) is 0 Å². The Kier molecular flexibility index (Phi) is 3.92. The zero-order valence-electron chi connectivity index (χ0n) is 14.2. The Balaban J connectivity index is 1.84. The Labute approximate surface area is 140 Å². The van der Waals surface area contributed by atoms with Gasteiger partial charge in [-0.2, -0.15) is 5.10 Å². The second-order valence-corrected chi connectivity index (χ2v) is 6.70. The molecule has 3 rings (SSSR count). The number of nitrogens with zero attached hydrogens (tertiary/aromatic N) is 4. The van der Waals surface area contributed by atoms with E-state index in [1.165, 1.54) is 18.2 Å². The minimum Gasteiger partial charge on any atom is -0.317 e. The normalized spacial score (nSPS) is 11.5. The second kappa shape index (κ2) is 5.92. The van der Waals surface area contributed by atoms with Gasteiger partial charge >= 0.3 is 0 Å². The summed E-state index contributed by atoms with van der Waals surface area (Å²) in [6.45, 7) is 8.27. The second-order valence-electron chi connectivity index (χ2n) is 6.70. The van der Waals surface area contributed by atoms with Crippen LogP contribution in [0.3, 0.4) is 0 Å². The molecule has 7 nitrogen and oxygen atoms in total. The van der Waals surface area contributed by atoms with Gasteiger partial charge in [-0.3, -0.25) is 14.5 Å². The van der Waals surface area contributed by atoms with Gasteiger partial charge < -0.3 is 5.32 Å². The first-order chi connectivity index (χ1) is 11.4. The van der Waals surface area contributed by atoms with Gasteiger partial charge in [-0.15, -0.1) is 10.2 Å². The Morgan fingerprint density at radius 1 is 1.12 bits per heavy atom. The first-order valence-electron chi connectivity index (χ1n) is 7.68. The van der Waals surface area contributed by atoms with E-state index in [4.69, 9.17) is 0 Å². The molecule has 0 saturated heterocycles. The quantitative estimate of drug-likeness (QED) is 0.775. The van der Waals surface area contributed by atoms with Gasteiger partial charge in [-0.25, -0.2) is 0 Å². The molecule has 0 atom stereocenters. The highest BCUT2D eigenvalue weighted by molar-refractivity contribution is 6.05. The van der Waals surface area contributed by atoms with Crippen LogP contribution >= 0.6 is 0 Å². The molecule has 2 N–H and O–H groups in total. The standard InChI is InChI=1S/C17H20N6O/c1-11-14(15(22-21-11)23-9-18-19-10-23)20-16(24)12-5-7-13(8-6-12)17(2,3)4/h5-10H,1-4H3,(H,20,24)(H,21,22). The summed E-state index contributed by atoms with van der Waals surface area (Å²) in [6, 6.07) is 7.64. The molecule has 24 heavy (non-hydrogen) atoms. The molecule has 0 bridgehead atoms. The number of H-pyrrole nitrogens is 1. The van der Waals surface area contributed by atoms with Crippen LogP contribution in [0.25, 0.3) is 5.82 Å². The molecule has 0 aliphatic rings. The van der Waals surface area contributed by atoms with Gasteiger partial charge in [0.2, 0.25) is 0 Å². The fourth-order valence-electron chi connectivity index (χ4n) is 2.37. The van der Waals surface area contributed by atoms with E-state index in [2.05, 4.69) is 46.5 Å². The highest BCUT2D eigenvalue weighted by atomic mass is 16.1. The summed E-state index contributed by atoms with van der Waals surface area (Å²) in [5.41, 5.74) is 3.21. The number of rotatable bonds is 3. The summed E-state index contributed by atoms with van der Waals surface area (Å²) >= 11 is 0. The Hall–Kier alpha value is -2.96. The molecule has 0 fully saturated rings. The molecule has 2 aromatic heterocycles. The number of anilines is 1. The van der Waals surface area contributed by atoms with Crippen LogP contribution in [0.1, 0.15) is 42.4 Å². The average Bonchev–Trinajstić information content (AvgIpc) is 3.17. The van der Waals surface area contributed by atoms with Crippen LogP contribution in [0, 0.1) is 6.92 Å². The van der Waals surface area contributed by atoms with E-state index >= 15 is 0 Å². The SMILES string of the molecule is Cc1[nH]nc(-n2cnnc2)c1NC(=O)c1ccc(C(C)(C)C)cc1. The van der Waals surface area contributed by atoms with Crippen molar-refractivity contribution in [3.05, 3.63) is 53.7 Å². The number of carbonyl (C=O) groups excluding carboxylic acids is 1. The summed E-state index contributed by atoms with van der Waals surface area (Å²) in [7, 11) is 0. The number of aryl methyl sites for hydroxylation is 1. The van der Waals surface area contributed by atoms with Crippen molar-refractivity contribution in [2.24, 2.45) is 0 Å². The van der Waals surface area contributed by atoms with E-state index in [0.29, 0.717) is 17.1 Å². The van der Waals surface area contributed by atoms with Crippen LogP contribution in [0.15, 0.2) is 36.9 Å². The summed E-state index contributed by atoms with van der Waals surface area (Å²) < 4.78 is 1.64. The van der Waals surface area contributed by atoms with E-state index in [9.17, 15) is 4.79 Å². The maximum Gasteiger partial charge on any atom is 0.255 e. The fourth-order valence-corrected chi connectivity index (χ4v) is 2.37. The summed E-state index contributed by atoms with van der Waals surface area (Å²) in [5.74, 6) is 0.367. The number of benzene rings is 1. The lowest BCUT2D eigenvalue weighted by atomic mass is 9.87. The monoisotopic (exact) mass is 324 g/mol. The average molecular weight is 324 g/mol. The summed E-state index contributed by atoms with van der Waals surface area (Å²) in [6.07, 6.45) is 3.06. The zero-order valence-corrected chi connectivity index (χ0v) is 14.2. The third-order valence-electron chi connectivity index (χ3n) is 3.84. The van der Waals surface area contributed by atoms with Crippen LogP contribution in [-0.4, -0.2) is 30.9 Å². The van der Waals surface area contributed by atoms with Crippen molar-refractivity contribution in [1.82, 2.24) is 25.0 Å². The number of hydrogen-bond acceptors (Lipinski definition) is 4. The Morgan fingerprint density at radius 3 is 2.33 bits per heavy atom. The Bertz CT molecular complexity index is 840. The molecule has 0 saturated carbocycles. The predicted octanol–water partition coefficient (Wildman–Crippen LogP) is 2.85. The smallest absolute Gasteiger partial charge is 0.255 e. The molecule has 7 heteroatoms. The van der Waals surface area contributed by atoms with Gasteiger partial charge in [0.15, 0.2) is 5.82 Å². The maximum absolute atomic E-state index is 12.6. The lowest BCUT2D eigenvalue weighted by Gasteiger charge is -2.19. The van der Waals surface area contributed by atoms with Crippen molar-refractivity contribution in [3.8, 4) is 5.82 Å². The lowest BCUT2D eigenvalue weighted by molar-refractivity contribution is 0.102. The number of aromatic nitrogens is 5. The maximum atomic E-state index is 12.6. The highest BCUT2D eigenvalue weighted by Gasteiger charge is 2.17. The van der Waals surface area contributed by atoms with Gasteiger partial charge in [0.25, 0.3) is 5.91 Å². The Morgan fingerprint density at radius 2 is 1.75 bits per heavy atom. The van der Waals surface area contributed by atoms with Gasteiger partial charge in [-0.1, -0.05) is 32.9 Å². The minimum atomic E-state index is -0.186. The van der Waals surface area contributed by atoms with E-state index in [1.54, 1.807) is 4.57 Å². The molecule has 0 spiro atoms. The largest absolute Gasteiger partial charge is 0.317 e. The van der Waals surface area contributed by atoms with Gasteiger partial charge in [-0.05, 0) is 30.0 Å². The molecule has 124 valence electrons. The van der Waals surface area contributed by atoms with Crippen molar-refractivity contribution >= 4 is 11.6 Å². The molecule has 1 amide bonds. The zero-order chi connectivity index (χ0) is 17.3. The molecule has 1 aromatic carbocycles. The topological polar surface area (TPSA) is 88.5 Å². The lowest BCUT2D eigenvalue weighted by Crippen LogP contribution is -2.15.